The van der Waals surface area contributed by atoms with E-state index in [0.717, 1.165) is 12.1 Å². The molecule has 2 aromatic heterocycles. The number of alkyl halides is 2. The van der Waals surface area contributed by atoms with Crippen molar-refractivity contribution in [3.05, 3.63) is 66.3 Å². The van der Waals surface area contributed by atoms with Crippen LogP contribution in [0.4, 0.5) is 23.2 Å². The molecule has 2 aromatic carbocycles. The smallest absolute Gasteiger partial charge is 0.248 e. The van der Waals surface area contributed by atoms with Crippen LogP contribution < -0.4 is 14.2 Å². The molecule has 0 spiro atoms. The minimum atomic E-state index is -3.49. The zero-order valence-corrected chi connectivity index (χ0v) is 22.5. The van der Waals surface area contributed by atoms with Crippen LogP contribution in [-0.4, -0.2) is 44.2 Å². The number of rotatable bonds is 7. The van der Waals surface area contributed by atoms with Crippen molar-refractivity contribution in [1.29, 1.82) is 0 Å². The maximum atomic E-state index is 14.4. The van der Waals surface area contributed by atoms with E-state index in [2.05, 4.69) is 25.5 Å². The van der Waals surface area contributed by atoms with E-state index in [0.29, 0.717) is 39.5 Å². The molecule has 5 rings (SSSR count). The Balaban J connectivity index is 1.54. The van der Waals surface area contributed by atoms with Crippen LogP contribution in [0.2, 0.25) is 0 Å². The third-order valence-electron chi connectivity index (χ3n) is 6.76. The summed E-state index contributed by atoms with van der Waals surface area (Å²) >= 11 is 0. The molecular formula is C28H26F4N4O3S. The quantitative estimate of drug-likeness (QED) is 0.205. The van der Waals surface area contributed by atoms with Gasteiger partial charge in [0.15, 0.2) is 0 Å². The standard InChI is InChI=1S/C28H26F4N4O3S/c1-16-21-10-17(12-24(26(21)35-15-34-16)39-20-6-8-28(31,32)9-7-20)18-11-23(27(38-2)33-14-18)36-40(3,37)25-5-4-19(29)13-22(25)30/h4-5,10-15,20H,3,6-9H2,1-2H3,(H,36,37). The summed E-state index contributed by atoms with van der Waals surface area (Å²) in [4.78, 5) is 12.6. The lowest BCUT2D eigenvalue weighted by Gasteiger charge is -2.29. The van der Waals surface area contributed by atoms with Gasteiger partial charge in [0.2, 0.25) is 11.8 Å². The number of methoxy groups -OCH3 is 1. The molecule has 7 nitrogen and oxygen atoms in total. The van der Waals surface area contributed by atoms with Gasteiger partial charge >= 0.3 is 0 Å². The zero-order chi connectivity index (χ0) is 28.7. The molecule has 1 atom stereocenters. The van der Waals surface area contributed by atoms with Gasteiger partial charge in [-0.25, -0.2) is 36.7 Å². The lowest BCUT2D eigenvalue weighted by atomic mass is 9.94. The molecule has 1 saturated carbocycles. The Morgan fingerprint density at radius 2 is 1.80 bits per heavy atom. The van der Waals surface area contributed by atoms with Crippen LogP contribution in [0.25, 0.3) is 22.0 Å². The molecule has 1 aliphatic carbocycles. The minimum absolute atomic E-state index is 0.0718. The number of hydrogen-bond donors (Lipinski definition) is 1. The number of halogens is 4. The highest BCUT2D eigenvalue weighted by molar-refractivity contribution is 8.01. The lowest BCUT2D eigenvalue weighted by Crippen LogP contribution is -2.30. The first-order chi connectivity index (χ1) is 19.0. The van der Waals surface area contributed by atoms with E-state index < -0.39 is 33.4 Å². The third-order valence-corrected chi connectivity index (χ3v) is 8.35. The van der Waals surface area contributed by atoms with Gasteiger partial charge in [-0.05, 0) is 61.5 Å². The lowest BCUT2D eigenvalue weighted by molar-refractivity contribution is -0.0580. The van der Waals surface area contributed by atoms with Crippen LogP contribution in [0.1, 0.15) is 31.4 Å². The van der Waals surface area contributed by atoms with Crippen molar-refractivity contribution in [2.24, 2.45) is 0 Å². The second kappa shape index (κ2) is 10.6. The Labute approximate surface area is 228 Å². The van der Waals surface area contributed by atoms with Crippen LogP contribution in [0.15, 0.2) is 53.8 Å². The molecule has 0 saturated heterocycles. The first kappa shape index (κ1) is 27.6. The van der Waals surface area contributed by atoms with Crippen molar-refractivity contribution in [1.82, 2.24) is 15.0 Å². The fourth-order valence-corrected chi connectivity index (χ4v) is 5.92. The molecule has 1 aliphatic rings. The molecule has 4 aromatic rings. The van der Waals surface area contributed by atoms with Gasteiger partial charge in [0.25, 0.3) is 0 Å². The molecule has 210 valence electrons. The van der Waals surface area contributed by atoms with Gasteiger partial charge < -0.3 is 14.2 Å². The van der Waals surface area contributed by atoms with Crippen LogP contribution in [0, 0.1) is 18.6 Å². The van der Waals surface area contributed by atoms with E-state index in [-0.39, 0.29) is 42.1 Å². The van der Waals surface area contributed by atoms with Gasteiger partial charge in [-0.1, -0.05) is 0 Å². The molecule has 40 heavy (non-hydrogen) atoms. The van der Waals surface area contributed by atoms with Crippen LogP contribution in [-0.2, 0) is 9.71 Å². The van der Waals surface area contributed by atoms with Gasteiger partial charge in [-0.3, -0.25) is 0 Å². The SMILES string of the molecule is C=S(=O)(Nc1cc(-c2cc(OC3CCC(F)(F)CC3)c3ncnc(C)c3c2)cnc1OC)c1ccc(F)cc1F. The maximum Gasteiger partial charge on any atom is 0.248 e. The second-order valence-electron chi connectivity index (χ2n) is 9.64. The highest BCUT2D eigenvalue weighted by Crippen LogP contribution is 2.39. The molecule has 1 fully saturated rings. The number of fused-ring (bicyclic) bond motifs is 1. The average Bonchev–Trinajstić information content (AvgIpc) is 2.90. The van der Waals surface area contributed by atoms with E-state index in [1.54, 1.807) is 12.1 Å². The van der Waals surface area contributed by atoms with E-state index in [4.69, 9.17) is 9.47 Å². The number of pyridine rings is 1. The van der Waals surface area contributed by atoms with Gasteiger partial charge in [-0.15, -0.1) is 0 Å². The van der Waals surface area contributed by atoms with E-state index in [1.807, 2.05) is 13.0 Å². The molecule has 0 aliphatic heterocycles. The third kappa shape index (κ3) is 5.67. The highest BCUT2D eigenvalue weighted by Gasteiger charge is 2.36. The molecular weight excluding hydrogens is 548 g/mol. The van der Waals surface area contributed by atoms with Crippen molar-refractivity contribution in [2.75, 3.05) is 11.8 Å². The first-order valence-electron chi connectivity index (χ1n) is 12.4. The summed E-state index contributed by atoms with van der Waals surface area (Å²) in [6.07, 6.45) is 2.45. The molecule has 0 radical (unpaired) electrons. The molecule has 1 N–H and O–H groups in total. The molecule has 1 unspecified atom stereocenters. The van der Waals surface area contributed by atoms with Gasteiger partial charge in [0, 0.05) is 41.7 Å². The normalized spacial score (nSPS) is 16.9. The Bertz CT molecular complexity index is 1690. The van der Waals surface area contributed by atoms with Crippen molar-refractivity contribution in [2.45, 2.75) is 49.5 Å². The summed E-state index contributed by atoms with van der Waals surface area (Å²) in [5, 5.41) is 0.691. The fourth-order valence-electron chi connectivity index (χ4n) is 4.65. The number of nitrogens with one attached hydrogen (secondary N) is 1. The Hall–Kier alpha value is -3.93. The minimum Gasteiger partial charge on any atom is -0.488 e. The van der Waals surface area contributed by atoms with Crippen molar-refractivity contribution in [3.8, 4) is 22.8 Å². The van der Waals surface area contributed by atoms with Crippen LogP contribution >= 0.6 is 0 Å². The molecule has 2 heterocycles. The van der Waals surface area contributed by atoms with E-state index in [1.165, 1.54) is 19.6 Å². The molecule has 0 amide bonds. The predicted octanol–water partition coefficient (Wildman–Crippen LogP) is 6.35. The van der Waals surface area contributed by atoms with Crippen molar-refractivity contribution in [3.63, 3.8) is 0 Å². The largest absolute Gasteiger partial charge is 0.488 e. The average molecular weight is 575 g/mol. The fraction of sp³-hybridized carbons (Fsp3) is 0.286. The Morgan fingerprint density at radius 1 is 1.05 bits per heavy atom. The zero-order valence-electron chi connectivity index (χ0n) is 21.7. The summed E-state index contributed by atoms with van der Waals surface area (Å²) in [5.41, 5.74) is 2.55. The number of hydrogen-bond acceptors (Lipinski definition) is 6. The Kier molecular flexibility index (Phi) is 7.30. The maximum absolute atomic E-state index is 14.4. The molecule has 0 bridgehead atoms. The number of aromatic nitrogens is 3. The Morgan fingerprint density at radius 3 is 2.50 bits per heavy atom. The van der Waals surface area contributed by atoms with E-state index in [9.17, 15) is 21.8 Å². The highest BCUT2D eigenvalue weighted by atomic mass is 32.2. The topological polar surface area (TPSA) is 86.2 Å². The number of aryl methyl sites for hydroxylation is 1. The summed E-state index contributed by atoms with van der Waals surface area (Å²) in [6, 6.07) is 7.85. The monoisotopic (exact) mass is 574 g/mol. The number of ether oxygens (including phenoxy) is 2. The van der Waals surface area contributed by atoms with Gasteiger partial charge in [-0.2, -0.15) is 0 Å². The van der Waals surface area contributed by atoms with Gasteiger partial charge in [0.1, 0.15) is 34.9 Å². The van der Waals surface area contributed by atoms with Crippen molar-refractivity contribution < 1.29 is 31.2 Å². The first-order valence-corrected chi connectivity index (χ1v) is 14.1. The summed E-state index contributed by atoms with van der Waals surface area (Å²) in [6.45, 7) is 1.81. The van der Waals surface area contributed by atoms with Crippen molar-refractivity contribution >= 4 is 32.2 Å². The number of anilines is 1. The number of nitrogens with zero attached hydrogens (tertiary/aromatic N) is 3. The number of benzene rings is 2. The summed E-state index contributed by atoms with van der Waals surface area (Å²) in [5.74, 6) is -0.405. The second-order valence-corrected chi connectivity index (χ2v) is 11.6. The van der Waals surface area contributed by atoms with Gasteiger partial charge in [0.05, 0.1) is 27.8 Å². The van der Waals surface area contributed by atoms with Crippen LogP contribution in [0.3, 0.4) is 0 Å². The summed E-state index contributed by atoms with van der Waals surface area (Å²) in [7, 11) is -2.12. The van der Waals surface area contributed by atoms with Crippen LogP contribution in [0.5, 0.6) is 11.6 Å². The predicted molar refractivity (Wildman–Crippen MR) is 145 cm³/mol. The molecule has 12 heteroatoms. The summed E-state index contributed by atoms with van der Waals surface area (Å²) < 4.78 is 82.9. The van der Waals surface area contributed by atoms with E-state index >= 15 is 0 Å².